The van der Waals surface area contributed by atoms with E-state index in [4.69, 9.17) is 9.84 Å². The number of pyridine rings is 1. The van der Waals surface area contributed by atoms with E-state index in [1.54, 1.807) is 17.7 Å². The lowest BCUT2D eigenvalue weighted by Gasteiger charge is -2.07. The van der Waals surface area contributed by atoms with E-state index in [0.717, 1.165) is 11.4 Å². The summed E-state index contributed by atoms with van der Waals surface area (Å²) < 4.78 is 7.41. The van der Waals surface area contributed by atoms with Crippen LogP contribution in [0.1, 0.15) is 27.4 Å². The summed E-state index contributed by atoms with van der Waals surface area (Å²) in [7, 11) is 1.83. The number of carboxylic acids is 1. The SMILES string of the molecule is Cc1nc(Oc2c(C)nn(C)c2C)ccc1C(=O)O. The first kappa shape index (κ1) is 13.1. The third kappa shape index (κ3) is 2.42. The molecule has 0 aliphatic rings. The van der Waals surface area contributed by atoms with Crippen LogP contribution in [0, 0.1) is 20.8 Å². The van der Waals surface area contributed by atoms with E-state index < -0.39 is 5.97 Å². The monoisotopic (exact) mass is 261 g/mol. The third-order valence-corrected chi connectivity index (χ3v) is 2.94. The summed E-state index contributed by atoms with van der Waals surface area (Å²) in [6.45, 7) is 5.38. The van der Waals surface area contributed by atoms with Gasteiger partial charge in [-0.25, -0.2) is 9.78 Å². The quantitative estimate of drug-likeness (QED) is 0.916. The molecule has 0 spiro atoms. The van der Waals surface area contributed by atoms with Crippen LogP contribution < -0.4 is 4.74 Å². The first-order chi connectivity index (χ1) is 8.90. The summed E-state index contributed by atoms with van der Waals surface area (Å²) in [4.78, 5) is 15.0. The van der Waals surface area contributed by atoms with Crippen LogP contribution in [0.4, 0.5) is 0 Å². The molecule has 0 aliphatic carbocycles. The number of hydrogen-bond acceptors (Lipinski definition) is 4. The first-order valence-corrected chi connectivity index (χ1v) is 5.79. The summed E-state index contributed by atoms with van der Waals surface area (Å²) in [5.74, 6) is 0.0180. The van der Waals surface area contributed by atoms with Gasteiger partial charge in [-0.3, -0.25) is 4.68 Å². The van der Waals surface area contributed by atoms with E-state index in [-0.39, 0.29) is 5.56 Å². The van der Waals surface area contributed by atoms with Crippen molar-refractivity contribution in [3.63, 3.8) is 0 Å². The van der Waals surface area contributed by atoms with Crippen LogP contribution in [-0.2, 0) is 7.05 Å². The molecule has 0 atom stereocenters. The zero-order chi connectivity index (χ0) is 14.2. The average Bonchev–Trinajstić information content (AvgIpc) is 2.56. The lowest BCUT2D eigenvalue weighted by Crippen LogP contribution is -2.02. The van der Waals surface area contributed by atoms with Crippen LogP contribution in [0.2, 0.25) is 0 Å². The Morgan fingerprint density at radius 3 is 2.42 bits per heavy atom. The van der Waals surface area contributed by atoms with Crippen molar-refractivity contribution in [2.75, 3.05) is 0 Å². The molecule has 0 bridgehead atoms. The molecule has 0 saturated heterocycles. The van der Waals surface area contributed by atoms with Gasteiger partial charge >= 0.3 is 5.97 Å². The second-order valence-corrected chi connectivity index (χ2v) is 4.31. The minimum atomic E-state index is -0.995. The fraction of sp³-hybridized carbons (Fsp3) is 0.308. The van der Waals surface area contributed by atoms with Gasteiger partial charge in [-0.2, -0.15) is 5.10 Å². The van der Waals surface area contributed by atoms with Crippen molar-refractivity contribution in [1.29, 1.82) is 0 Å². The van der Waals surface area contributed by atoms with Gasteiger partial charge in [-0.1, -0.05) is 0 Å². The molecular weight excluding hydrogens is 246 g/mol. The highest BCUT2D eigenvalue weighted by molar-refractivity contribution is 5.88. The van der Waals surface area contributed by atoms with Crippen LogP contribution in [0.5, 0.6) is 11.6 Å². The van der Waals surface area contributed by atoms with E-state index in [0.29, 0.717) is 17.3 Å². The summed E-state index contributed by atoms with van der Waals surface area (Å²) in [6, 6.07) is 3.03. The molecule has 0 fully saturated rings. The zero-order valence-corrected chi connectivity index (χ0v) is 11.3. The van der Waals surface area contributed by atoms with Gasteiger partial charge in [-0.15, -0.1) is 0 Å². The van der Waals surface area contributed by atoms with Gasteiger partial charge in [0.25, 0.3) is 0 Å². The molecule has 6 heteroatoms. The van der Waals surface area contributed by atoms with Gasteiger partial charge in [0.15, 0.2) is 5.75 Å². The Kier molecular flexibility index (Phi) is 3.25. The minimum Gasteiger partial charge on any atom is -0.478 e. The summed E-state index contributed by atoms with van der Waals surface area (Å²) in [5, 5.41) is 13.2. The zero-order valence-electron chi connectivity index (χ0n) is 11.3. The topological polar surface area (TPSA) is 77.2 Å². The Hall–Kier alpha value is -2.37. The lowest BCUT2D eigenvalue weighted by molar-refractivity contribution is 0.0695. The van der Waals surface area contributed by atoms with E-state index >= 15 is 0 Å². The molecule has 0 amide bonds. The van der Waals surface area contributed by atoms with E-state index in [2.05, 4.69) is 10.1 Å². The molecule has 0 unspecified atom stereocenters. The first-order valence-electron chi connectivity index (χ1n) is 5.79. The maximum Gasteiger partial charge on any atom is 0.337 e. The molecule has 2 aromatic rings. The largest absolute Gasteiger partial charge is 0.478 e. The molecule has 1 N–H and O–H groups in total. The van der Waals surface area contributed by atoms with E-state index in [1.165, 1.54) is 6.07 Å². The third-order valence-electron chi connectivity index (χ3n) is 2.94. The Balaban J connectivity index is 2.34. The second kappa shape index (κ2) is 4.72. The predicted octanol–water partition coefficient (Wildman–Crippen LogP) is 2.23. The lowest BCUT2D eigenvalue weighted by atomic mass is 10.2. The highest BCUT2D eigenvalue weighted by Crippen LogP contribution is 2.27. The Morgan fingerprint density at radius 1 is 1.26 bits per heavy atom. The Labute approximate surface area is 110 Å². The molecule has 0 radical (unpaired) electrons. The van der Waals surface area contributed by atoms with Gasteiger partial charge < -0.3 is 9.84 Å². The van der Waals surface area contributed by atoms with Crippen LogP contribution in [0.15, 0.2) is 12.1 Å². The van der Waals surface area contributed by atoms with Gasteiger partial charge in [0.05, 0.1) is 17.0 Å². The molecule has 6 nitrogen and oxygen atoms in total. The number of aromatic carboxylic acids is 1. The van der Waals surface area contributed by atoms with E-state index in [9.17, 15) is 4.79 Å². The van der Waals surface area contributed by atoms with Crippen LogP contribution >= 0.6 is 0 Å². The van der Waals surface area contributed by atoms with Crippen molar-refractivity contribution in [3.05, 3.63) is 34.8 Å². The molecule has 0 aromatic carbocycles. The van der Waals surface area contributed by atoms with E-state index in [1.807, 2.05) is 20.9 Å². The summed E-state index contributed by atoms with van der Waals surface area (Å²) in [6.07, 6.45) is 0. The van der Waals surface area contributed by atoms with Gasteiger partial charge in [0, 0.05) is 13.1 Å². The fourth-order valence-electron chi connectivity index (χ4n) is 1.83. The average molecular weight is 261 g/mol. The van der Waals surface area contributed by atoms with Crippen LogP contribution in [0.25, 0.3) is 0 Å². The van der Waals surface area contributed by atoms with Crippen molar-refractivity contribution in [3.8, 4) is 11.6 Å². The molecule has 2 heterocycles. The van der Waals surface area contributed by atoms with Crippen molar-refractivity contribution < 1.29 is 14.6 Å². The molecule has 2 rings (SSSR count). The number of nitrogens with zero attached hydrogens (tertiary/aromatic N) is 3. The van der Waals surface area contributed by atoms with Crippen molar-refractivity contribution in [2.24, 2.45) is 7.05 Å². The van der Waals surface area contributed by atoms with Crippen molar-refractivity contribution >= 4 is 5.97 Å². The maximum atomic E-state index is 10.9. The maximum absolute atomic E-state index is 10.9. The van der Waals surface area contributed by atoms with Crippen LogP contribution in [0.3, 0.4) is 0 Å². The predicted molar refractivity (Wildman–Crippen MR) is 68.7 cm³/mol. The number of aromatic nitrogens is 3. The fourth-order valence-corrected chi connectivity index (χ4v) is 1.83. The number of rotatable bonds is 3. The van der Waals surface area contributed by atoms with Crippen molar-refractivity contribution in [1.82, 2.24) is 14.8 Å². The highest BCUT2D eigenvalue weighted by atomic mass is 16.5. The summed E-state index contributed by atoms with van der Waals surface area (Å²) in [5.41, 5.74) is 2.25. The number of carbonyl (C=O) groups is 1. The Morgan fingerprint density at radius 2 is 1.95 bits per heavy atom. The number of ether oxygens (including phenoxy) is 1. The van der Waals surface area contributed by atoms with Gasteiger partial charge in [0.1, 0.15) is 5.69 Å². The molecule has 0 saturated carbocycles. The van der Waals surface area contributed by atoms with Crippen LogP contribution in [-0.4, -0.2) is 25.8 Å². The molecule has 19 heavy (non-hydrogen) atoms. The number of aryl methyl sites for hydroxylation is 3. The molecule has 2 aromatic heterocycles. The van der Waals surface area contributed by atoms with Gasteiger partial charge in [0.2, 0.25) is 5.88 Å². The number of carboxylic acid groups (broad SMARTS) is 1. The minimum absolute atomic E-state index is 0.173. The highest BCUT2D eigenvalue weighted by Gasteiger charge is 2.14. The summed E-state index contributed by atoms with van der Waals surface area (Å²) >= 11 is 0. The number of hydrogen-bond donors (Lipinski definition) is 1. The molecule has 0 aliphatic heterocycles. The Bertz CT molecular complexity index is 647. The standard InChI is InChI=1S/C13H15N3O3/c1-7-10(13(17)18)5-6-11(14-7)19-12-8(2)15-16(4)9(12)3/h5-6H,1-4H3,(H,17,18). The molecular formula is C13H15N3O3. The molecule has 100 valence electrons. The van der Waals surface area contributed by atoms with Gasteiger partial charge in [-0.05, 0) is 26.8 Å². The second-order valence-electron chi connectivity index (χ2n) is 4.31. The van der Waals surface area contributed by atoms with Crippen molar-refractivity contribution in [2.45, 2.75) is 20.8 Å². The normalized spacial score (nSPS) is 10.5. The smallest absolute Gasteiger partial charge is 0.337 e.